The molecule has 2 aromatic rings. The third kappa shape index (κ3) is 4.31. The first-order chi connectivity index (χ1) is 15.4. The average molecular weight is 484 g/mol. The summed E-state index contributed by atoms with van der Waals surface area (Å²) in [6.45, 7) is 3.82. The van der Waals surface area contributed by atoms with Gasteiger partial charge in [0.2, 0.25) is 10.0 Å². The normalized spacial score (nSPS) is 24.0. The molecule has 0 saturated carbocycles. The zero-order valence-electron chi connectivity index (χ0n) is 18.1. The van der Waals surface area contributed by atoms with E-state index in [9.17, 15) is 31.5 Å². The molecule has 7 nitrogen and oxygen atoms in total. The predicted octanol–water partition coefficient (Wildman–Crippen LogP) is 3.50. The van der Waals surface area contributed by atoms with E-state index in [2.05, 4.69) is 4.98 Å². The van der Waals surface area contributed by atoms with Crippen LogP contribution in [0.3, 0.4) is 0 Å². The quantitative estimate of drug-likeness (QED) is 0.716. The first kappa shape index (κ1) is 23.5. The first-order valence-electron chi connectivity index (χ1n) is 10.6. The molecular formula is C22H24F3N3O4S. The van der Waals surface area contributed by atoms with E-state index in [0.717, 1.165) is 17.8 Å². The van der Waals surface area contributed by atoms with E-state index >= 15 is 0 Å². The van der Waals surface area contributed by atoms with Crippen LogP contribution in [0, 0.1) is 0 Å². The van der Waals surface area contributed by atoms with E-state index in [1.54, 1.807) is 19.9 Å². The molecule has 0 spiro atoms. The number of carboxylic acid groups (broad SMARTS) is 1. The highest BCUT2D eigenvalue weighted by atomic mass is 32.2. The number of rotatable bonds is 4. The molecule has 11 heteroatoms. The van der Waals surface area contributed by atoms with Gasteiger partial charge in [0.05, 0.1) is 16.4 Å². The highest BCUT2D eigenvalue weighted by Gasteiger charge is 2.38. The fourth-order valence-corrected chi connectivity index (χ4v) is 6.41. The molecule has 0 amide bonds. The summed E-state index contributed by atoms with van der Waals surface area (Å²) in [6, 6.07) is 6.25. The number of piperazine rings is 1. The lowest BCUT2D eigenvalue weighted by Crippen LogP contribution is -2.58. The van der Waals surface area contributed by atoms with Crippen LogP contribution in [-0.4, -0.2) is 54.0 Å². The number of benzene rings is 1. The van der Waals surface area contributed by atoms with Crippen molar-refractivity contribution < 1.29 is 31.5 Å². The van der Waals surface area contributed by atoms with Gasteiger partial charge < -0.3 is 10.0 Å². The predicted molar refractivity (Wildman–Crippen MR) is 115 cm³/mol. The number of hydrogen-bond donors (Lipinski definition) is 1. The average Bonchev–Trinajstić information content (AvgIpc) is 3.16. The van der Waals surface area contributed by atoms with Gasteiger partial charge in [-0.05, 0) is 62.1 Å². The summed E-state index contributed by atoms with van der Waals surface area (Å²) in [5, 5.41) is 9.44. The summed E-state index contributed by atoms with van der Waals surface area (Å²) >= 11 is 0. The molecule has 33 heavy (non-hydrogen) atoms. The van der Waals surface area contributed by atoms with Crippen LogP contribution in [0.15, 0.2) is 41.4 Å². The molecule has 1 aromatic heterocycles. The second-order valence-corrected chi connectivity index (χ2v) is 10.6. The van der Waals surface area contributed by atoms with Gasteiger partial charge in [-0.25, -0.2) is 13.4 Å². The van der Waals surface area contributed by atoms with Crippen LogP contribution in [-0.2, 0) is 27.4 Å². The van der Waals surface area contributed by atoms with Gasteiger partial charge >= 0.3 is 12.1 Å². The van der Waals surface area contributed by atoms with Crippen molar-refractivity contribution in [2.75, 3.05) is 18.0 Å². The van der Waals surface area contributed by atoms with E-state index in [-0.39, 0.29) is 30.1 Å². The number of aromatic nitrogens is 1. The zero-order valence-corrected chi connectivity index (χ0v) is 18.9. The van der Waals surface area contributed by atoms with Gasteiger partial charge in [0.25, 0.3) is 0 Å². The molecule has 2 aliphatic rings. The van der Waals surface area contributed by atoms with Crippen LogP contribution in [0.5, 0.6) is 0 Å². The number of aliphatic carboxylic acids is 1. The molecule has 1 aliphatic heterocycles. The molecular weight excluding hydrogens is 459 g/mol. The molecule has 3 unspecified atom stereocenters. The van der Waals surface area contributed by atoms with Crippen LogP contribution in [0.2, 0.25) is 0 Å². The van der Waals surface area contributed by atoms with Crippen molar-refractivity contribution >= 4 is 21.8 Å². The van der Waals surface area contributed by atoms with Crippen LogP contribution < -0.4 is 4.90 Å². The largest absolute Gasteiger partial charge is 0.481 e. The summed E-state index contributed by atoms with van der Waals surface area (Å²) in [5.41, 5.74) is 0.544. The molecule has 3 atom stereocenters. The maximum absolute atomic E-state index is 13.4. The van der Waals surface area contributed by atoms with Crippen molar-refractivity contribution in [3.63, 3.8) is 0 Å². The van der Waals surface area contributed by atoms with E-state index in [4.69, 9.17) is 0 Å². The lowest BCUT2D eigenvalue weighted by atomic mass is 10.0. The maximum Gasteiger partial charge on any atom is 0.417 e. The summed E-state index contributed by atoms with van der Waals surface area (Å²) in [5.74, 6) is -1.33. The monoisotopic (exact) mass is 483 g/mol. The number of carbonyl (C=O) groups is 1. The third-order valence-corrected chi connectivity index (χ3v) is 8.18. The Bertz CT molecular complexity index is 1160. The number of carboxylic acids is 1. The lowest BCUT2D eigenvalue weighted by Gasteiger charge is -2.44. The minimum Gasteiger partial charge on any atom is -0.481 e. The summed E-state index contributed by atoms with van der Waals surface area (Å²) in [6.07, 6.45) is -2.66. The Morgan fingerprint density at radius 2 is 1.79 bits per heavy atom. The third-order valence-electron chi connectivity index (χ3n) is 6.36. The summed E-state index contributed by atoms with van der Waals surface area (Å²) in [7, 11) is -3.89. The molecule has 4 rings (SSSR count). The second-order valence-electron chi connectivity index (χ2n) is 8.62. The smallest absolute Gasteiger partial charge is 0.417 e. The molecule has 2 heterocycles. The number of anilines is 1. The topological polar surface area (TPSA) is 90.8 Å². The molecule has 1 fully saturated rings. The fraction of sp³-hybridized carbons (Fsp3) is 0.455. The molecule has 1 aromatic carbocycles. The maximum atomic E-state index is 13.4. The SMILES string of the molecule is CC1CN(S(=O)(=O)c2ccc3c(c2)C(C(=O)O)CC3)CC(C)N1c1ccc(C(F)(F)F)cn1. The number of pyridine rings is 1. The first-order valence-corrected chi connectivity index (χ1v) is 12.0. The van der Waals surface area contributed by atoms with Crippen LogP contribution in [0.4, 0.5) is 19.0 Å². The number of aryl methyl sites for hydroxylation is 1. The Labute approximate surface area is 189 Å². The van der Waals surface area contributed by atoms with Crippen molar-refractivity contribution in [1.82, 2.24) is 9.29 Å². The van der Waals surface area contributed by atoms with E-state index in [1.807, 2.05) is 4.90 Å². The number of alkyl halides is 3. The Kier molecular flexibility index (Phi) is 5.90. The van der Waals surface area contributed by atoms with Gasteiger partial charge in [0.15, 0.2) is 0 Å². The standard InChI is InChI=1S/C22H24F3N3O4S/c1-13-11-27(12-14(2)28(13)20-8-5-16(10-26-20)22(23,24)25)33(31,32)17-6-3-15-4-7-18(21(29)30)19(15)9-17/h3,5-6,8-10,13-14,18H,4,7,11-12H2,1-2H3,(H,29,30). The molecule has 1 aliphatic carbocycles. The Balaban J connectivity index is 1.57. The van der Waals surface area contributed by atoms with E-state index in [1.165, 1.54) is 22.5 Å². The van der Waals surface area contributed by atoms with Crippen LogP contribution in [0.25, 0.3) is 0 Å². The van der Waals surface area contributed by atoms with Crippen molar-refractivity contribution in [1.29, 1.82) is 0 Å². The number of halogens is 3. The minimum absolute atomic E-state index is 0.0508. The number of fused-ring (bicyclic) bond motifs is 1. The highest BCUT2D eigenvalue weighted by Crippen LogP contribution is 2.36. The van der Waals surface area contributed by atoms with E-state index < -0.39 is 33.7 Å². The van der Waals surface area contributed by atoms with Gasteiger partial charge in [-0.1, -0.05) is 6.07 Å². The van der Waals surface area contributed by atoms with Crippen LogP contribution >= 0.6 is 0 Å². The van der Waals surface area contributed by atoms with Gasteiger partial charge in [-0.15, -0.1) is 0 Å². The minimum atomic E-state index is -4.48. The molecule has 178 valence electrons. The fourth-order valence-electron chi connectivity index (χ4n) is 4.78. The van der Waals surface area contributed by atoms with Gasteiger partial charge in [-0.2, -0.15) is 17.5 Å². The molecule has 1 saturated heterocycles. The summed E-state index contributed by atoms with van der Waals surface area (Å²) in [4.78, 5) is 17.4. The second kappa shape index (κ2) is 8.28. The van der Waals surface area contributed by atoms with Gasteiger partial charge in [0.1, 0.15) is 5.82 Å². The van der Waals surface area contributed by atoms with Gasteiger partial charge in [-0.3, -0.25) is 4.79 Å². The van der Waals surface area contributed by atoms with Crippen LogP contribution in [0.1, 0.15) is 42.9 Å². The lowest BCUT2D eigenvalue weighted by molar-refractivity contribution is -0.139. The van der Waals surface area contributed by atoms with Crippen molar-refractivity contribution in [3.05, 3.63) is 53.2 Å². The highest BCUT2D eigenvalue weighted by molar-refractivity contribution is 7.89. The van der Waals surface area contributed by atoms with Crippen molar-refractivity contribution in [3.8, 4) is 0 Å². The van der Waals surface area contributed by atoms with Gasteiger partial charge in [0, 0.05) is 31.4 Å². The zero-order chi connectivity index (χ0) is 24.1. The molecule has 0 radical (unpaired) electrons. The van der Waals surface area contributed by atoms with Crippen molar-refractivity contribution in [2.24, 2.45) is 0 Å². The number of hydrogen-bond acceptors (Lipinski definition) is 5. The van der Waals surface area contributed by atoms with Crippen molar-refractivity contribution in [2.45, 2.75) is 55.8 Å². The Morgan fingerprint density at radius 1 is 1.12 bits per heavy atom. The number of nitrogens with zero attached hydrogens (tertiary/aromatic N) is 3. The Morgan fingerprint density at radius 3 is 2.33 bits per heavy atom. The molecule has 0 bridgehead atoms. The van der Waals surface area contributed by atoms with E-state index in [0.29, 0.717) is 24.2 Å². The number of sulfonamides is 1. The molecule has 1 N–H and O–H groups in total. The Hall–Kier alpha value is -2.66. The summed E-state index contributed by atoms with van der Waals surface area (Å²) < 4.78 is 66.6.